The number of amides is 4. The van der Waals surface area contributed by atoms with Crippen molar-refractivity contribution in [1.29, 1.82) is 0 Å². The number of rotatable bonds is 6. The number of halogens is 2. The Morgan fingerprint density at radius 2 is 1.60 bits per heavy atom. The molecule has 0 radical (unpaired) electrons. The Kier molecular flexibility index (Phi) is 8.35. The summed E-state index contributed by atoms with van der Waals surface area (Å²) < 4.78 is 5.36. The smallest absolute Gasteiger partial charge is 0.246 e. The van der Waals surface area contributed by atoms with E-state index in [2.05, 4.69) is 0 Å². The second-order valence-electron chi connectivity index (χ2n) is 13.9. The average Bonchev–Trinajstić information content (AvgIpc) is 3.53. The lowest BCUT2D eigenvalue weighted by molar-refractivity contribution is -0.128. The van der Waals surface area contributed by atoms with E-state index in [4.69, 9.17) is 27.9 Å². The number of allylic oxidation sites excluding steroid dienone is 3. The fraction of sp³-hybridized carbons (Fsp3) is 0.238. The summed E-state index contributed by atoms with van der Waals surface area (Å²) in [5, 5.41) is 11.1. The van der Waals surface area contributed by atoms with Gasteiger partial charge in [0.25, 0.3) is 0 Å². The topological polar surface area (TPSA) is 104 Å². The van der Waals surface area contributed by atoms with Crippen LogP contribution in [0.4, 0.5) is 11.4 Å². The third-order valence-corrected chi connectivity index (χ3v) is 12.0. The van der Waals surface area contributed by atoms with Crippen molar-refractivity contribution in [2.24, 2.45) is 29.6 Å². The summed E-state index contributed by atoms with van der Waals surface area (Å²) in [6, 6.07) is 26.1. The van der Waals surface area contributed by atoms with Crippen LogP contribution in [-0.4, -0.2) is 35.8 Å². The Morgan fingerprint density at radius 3 is 2.33 bits per heavy atom. The van der Waals surface area contributed by atoms with E-state index in [0.717, 1.165) is 11.1 Å². The minimum absolute atomic E-state index is 0.0169. The van der Waals surface area contributed by atoms with Crippen LogP contribution in [0.3, 0.4) is 0 Å². The first-order valence-electron chi connectivity index (χ1n) is 17.1. The molecule has 2 heterocycles. The fourth-order valence-corrected chi connectivity index (χ4v) is 9.33. The maximum Gasteiger partial charge on any atom is 0.246 e. The number of benzene rings is 4. The molecule has 4 aromatic rings. The van der Waals surface area contributed by atoms with E-state index in [1.54, 1.807) is 54.6 Å². The van der Waals surface area contributed by atoms with Gasteiger partial charge in [0.2, 0.25) is 23.6 Å². The van der Waals surface area contributed by atoms with Gasteiger partial charge in [-0.1, -0.05) is 95.5 Å². The molecule has 0 bridgehead atoms. The number of nitrogens with zero attached hydrogens (tertiary/aromatic N) is 2. The van der Waals surface area contributed by atoms with Crippen molar-refractivity contribution < 1.29 is 29.0 Å². The number of aromatic hydroxyl groups is 1. The molecule has 2 saturated heterocycles. The third kappa shape index (κ3) is 5.03. The molecule has 262 valence electrons. The van der Waals surface area contributed by atoms with Gasteiger partial charge >= 0.3 is 0 Å². The van der Waals surface area contributed by atoms with Crippen molar-refractivity contribution in [3.63, 3.8) is 0 Å². The number of carbonyl (C=O) groups is 4. The molecule has 8 rings (SSSR count). The van der Waals surface area contributed by atoms with E-state index >= 15 is 4.79 Å². The minimum atomic E-state index is -1.39. The van der Waals surface area contributed by atoms with Gasteiger partial charge in [-0.2, -0.15) is 0 Å². The Morgan fingerprint density at radius 1 is 0.827 bits per heavy atom. The Bertz CT molecular complexity index is 2230. The minimum Gasteiger partial charge on any atom is -0.504 e. The zero-order valence-corrected chi connectivity index (χ0v) is 29.8. The molecule has 4 aromatic carbocycles. The number of phenolic OH excluding ortho intramolecular Hbond substituents is 1. The van der Waals surface area contributed by atoms with Crippen molar-refractivity contribution in [2.75, 3.05) is 16.9 Å². The van der Waals surface area contributed by atoms with Crippen molar-refractivity contribution in [3.05, 3.63) is 135 Å². The number of methoxy groups -OCH3 is 1. The summed E-state index contributed by atoms with van der Waals surface area (Å²) in [5.74, 6) is -4.61. The summed E-state index contributed by atoms with van der Waals surface area (Å²) >= 11 is 12.8. The van der Waals surface area contributed by atoms with Crippen LogP contribution in [0.25, 0.3) is 6.08 Å². The molecule has 52 heavy (non-hydrogen) atoms. The first-order valence-corrected chi connectivity index (χ1v) is 17.9. The van der Waals surface area contributed by atoms with Crippen LogP contribution < -0.4 is 14.5 Å². The predicted molar refractivity (Wildman–Crippen MR) is 199 cm³/mol. The molecule has 8 nitrogen and oxygen atoms in total. The van der Waals surface area contributed by atoms with Gasteiger partial charge < -0.3 is 9.84 Å². The number of phenols is 1. The second kappa shape index (κ2) is 12.8. The molecular formula is C42H34Cl2N2O6. The standard InChI is InChI=1S/C42H34Cl2N2O6/c1-23-11-14-28(21-34(23)44)45-38(48)30-16-15-29-31(37(30)40(45)50)22-33-39(49)46(27-10-6-9-26(43)20-27)41(51)42(33,25-7-4-3-5-8-25)32(29)17-12-24-13-18-35(47)36(19-24)52-2/h3-15,17-21,30-33,37,47H,16,22H2,1-2H3. The average molecular weight is 734 g/mol. The van der Waals surface area contributed by atoms with Gasteiger partial charge in [0.1, 0.15) is 0 Å². The molecule has 0 spiro atoms. The normalized spacial score (nSPS) is 26.8. The van der Waals surface area contributed by atoms with Gasteiger partial charge in [-0.25, -0.2) is 9.80 Å². The lowest BCUT2D eigenvalue weighted by atomic mass is 9.50. The summed E-state index contributed by atoms with van der Waals surface area (Å²) in [7, 11) is 1.47. The molecule has 6 unspecified atom stereocenters. The highest BCUT2D eigenvalue weighted by atomic mass is 35.5. The molecule has 1 saturated carbocycles. The fourth-order valence-electron chi connectivity index (χ4n) is 8.97. The number of ether oxygens (including phenoxy) is 1. The largest absolute Gasteiger partial charge is 0.504 e. The second-order valence-corrected chi connectivity index (χ2v) is 14.7. The molecule has 2 aliphatic heterocycles. The van der Waals surface area contributed by atoms with E-state index < -0.39 is 35.0 Å². The number of fused-ring (bicyclic) bond motifs is 4. The van der Waals surface area contributed by atoms with E-state index in [0.29, 0.717) is 39.0 Å². The molecule has 10 heteroatoms. The number of hydrogen-bond acceptors (Lipinski definition) is 6. The zero-order valence-electron chi connectivity index (χ0n) is 28.3. The number of aryl methyl sites for hydroxylation is 1. The van der Waals surface area contributed by atoms with E-state index in [1.165, 1.54) is 23.0 Å². The molecule has 4 amide bonds. The van der Waals surface area contributed by atoms with Crippen molar-refractivity contribution in [1.82, 2.24) is 0 Å². The van der Waals surface area contributed by atoms with Gasteiger partial charge in [-0.05, 0) is 84.8 Å². The Balaban J connectivity index is 1.31. The first-order chi connectivity index (χ1) is 25.1. The highest BCUT2D eigenvalue weighted by Crippen LogP contribution is 2.62. The Hall–Kier alpha value is -5.18. The quantitative estimate of drug-likeness (QED) is 0.160. The van der Waals surface area contributed by atoms with Crippen LogP contribution in [0.2, 0.25) is 10.0 Å². The predicted octanol–water partition coefficient (Wildman–Crippen LogP) is 7.93. The van der Waals surface area contributed by atoms with E-state index in [9.17, 15) is 19.5 Å². The van der Waals surface area contributed by atoms with Crippen molar-refractivity contribution in [3.8, 4) is 11.5 Å². The number of imide groups is 2. The maximum absolute atomic E-state index is 15.3. The SMILES string of the molecule is COc1cc(C=CC2C3=CCC4C(=O)N(c5ccc(C)c(Cl)c5)C(=O)C4C3CC3C(=O)N(c4cccc(Cl)c4)C(=O)C23c2ccccc2)ccc1O. The van der Waals surface area contributed by atoms with Crippen LogP contribution in [0.1, 0.15) is 29.5 Å². The lowest BCUT2D eigenvalue weighted by Gasteiger charge is -2.49. The molecule has 6 atom stereocenters. The molecular weight excluding hydrogens is 699 g/mol. The molecule has 3 fully saturated rings. The Labute approximate surface area is 310 Å². The number of hydrogen-bond donors (Lipinski definition) is 1. The molecule has 0 aromatic heterocycles. The van der Waals surface area contributed by atoms with Gasteiger partial charge in [-0.15, -0.1) is 0 Å². The highest BCUT2D eigenvalue weighted by Gasteiger charge is 2.69. The number of anilines is 2. The van der Waals surface area contributed by atoms with Gasteiger partial charge in [0.15, 0.2) is 11.5 Å². The van der Waals surface area contributed by atoms with Gasteiger partial charge in [-0.3, -0.25) is 19.2 Å². The van der Waals surface area contributed by atoms with E-state index in [1.807, 2.05) is 55.5 Å². The van der Waals surface area contributed by atoms with Crippen LogP contribution >= 0.6 is 23.2 Å². The zero-order chi connectivity index (χ0) is 36.5. The van der Waals surface area contributed by atoms with Crippen LogP contribution in [0.15, 0.2) is 109 Å². The monoisotopic (exact) mass is 732 g/mol. The summed E-state index contributed by atoms with van der Waals surface area (Å²) in [4.78, 5) is 61.1. The van der Waals surface area contributed by atoms with Crippen molar-refractivity contribution >= 4 is 64.3 Å². The number of carbonyl (C=O) groups excluding carboxylic acids is 4. The van der Waals surface area contributed by atoms with Gasteiger partial charge in [0, 0.05) is 16.0 Å². The first kappa shape index (κ1) is 33.9. The summed E-state index contributed by atoms with van der Waals surface area (Å²) in [6.07, 6.45) is 6.27. The highest BCUT2D eigenvalue weighted by molar-refractivity contribution is 6.33. The third-order valence-electron chi connectivity index (χ3n) is 11.3. The maximum atomic E-state index is 15.3. The molecule has 2 aliphatic carbocycles. The van der Waals surface area contributed by atoms with Crippen LogP contribution in [0.5, 0.6) is 11.5 Å². The van der Waals surface area contributed by atoms with Crippen molar-refractivity contribution in [2.45, 2.75) is 25.2 Å². The summed E-state index contributed by atoms with van der Waals surface area (Å²) in [6.45, 7) is 1.85. The van der Waals surface area contributed by atoms with E-state index in [-0.39, 0.29) is 41.5 Å². The van der Waals surface area contributed by atoms with Gasteiger partial charge in [0.05, 0.1) is 41.7 Å². The lowest BCUT2D eigenvalue weighted by Crippen LogP contribution is -2.54. The molecule has 1 N–H and O–H groups in total. The summed E-state index contributed by atoms with van der Waals surface area (Å²) in [5.41, 5.74) is 2.42. The molecule has 4 aliphatic rings. The van der Waals surface area contributed by atoms with Crippen LogP contribution in [-0.2, 0) is 24.6 Å². The van der Waals surface area contributed by atoms with Crippen LogP contribution in [0, 0.1) is 36.5 Å².